The quantitative estimate of drug-likeness (QED) is 0.708. The van der Waals surface area contributed by atoms with Crippen LogP contribution >= 0.6 is 0 Å². The number of aromatic nitrogens is 2. The molecule has 0 aromatic carbocycles. The van der Waals surface area contributed by atoms with Crippen molar-refractivity contribution in [3.63, 3.8) is 0 Å². The van der Waals surface area contributed by atoms with Crippen LogP contribution < -0.4 is 10.6 Å². The summed E-state index contributed by atoms with van der Waals surface area (Å²) >= 11 is 0. The van der Waals surface area contributed by atoms with Crippen molar-refractivity contribution >= 4 is 0 Å². The molecular formula is C14H24N4O. The maximum Gasteiger partial charge on any atom is 0.150 e. The molecule has 5 heteroatoms. The first-order valence-electron chi connectivity index (χ1n) is 6.91. The van der Waals surface area contributed by atoms with Crippen LogP contribution in [0.2, 0.25) is 0 Å². The molecule has 0 bridgehead atoms. The third-order valence-corrected chi connectivity index (χ3v) is 3.24. The third kappa shape index (κ3) is 4.53. The highest BCUT2D eigenvalue weighted by molar-refractivity contribution is 5.06. The van der Waals surface area contributed by atoms with Crippen LogP contribution in [0.1, 0.15) is 44.8 Å². The summed E-state index contributed by atoms with van der Waals surface area (Å²) in [5.74, 6) is 0.665. The highest BCUT2D eigenvalue weighted by Crippen LogP contribution is 2.15. The van der Waals surface area contributed by atoms with Gasteiger partial charge in [-0.1, -0.05) is 0 Å². The van der Waals surface area contributed by atoms with E-state index in [1.54, 1.807) is 12.4 Å². The van der Waals surface area contributed by atoms with Crippen molar-refractivity contribution in [2.24, 2.45) is 5.92 Å². The van der Waals surface area contributed by atoms with Crippen LogP contribution in [-0.2, 0) is 6.42 Å². The third-order valence-electron chi connectivity index (χ3n) is 3.24. The average Bonchev–Trinajstić information content (AvgIpc) is 2.80. The van der Waals surface area contributed by atoms with E-state index in [4.69, 9.17) is 0 Å². The number of nitrogens with one attached hydrogen (secondary N) is 2. The van der Waals surface area contributed by atoms with Crippen LogP contribution in [0.5, 0.6) is 0 Å². The predicted molar refractivity (Wildman–Crippen MR) is 74.6 cm³/mol. The smallest absolute Gasteiger partial charge is 0.150 e. The van der Waals surface area contributed by atoms with Gasteiger partial charge in [0.1, 0.15) is 11.9 Å². The van der Waals surface area contributed by atoms with E-state index < -0.39 is 6.23 Å². The summed E-state index contributed by atoms with van der Waals surface area (Å²) in [6, 6.07) is 0. The van der Waals surface area contributed by atoms with E-state index in [-0.39, 0.29) is 5.54 Å². The minimum absolute atomic E-state index is 0.157. The second-order valence-corrected chi connectivity index (χ2v) is 6.29. The molecule has 1 aliphatic heterocycles. The molecule has 0 radical (unpaired) electrons. The van der Waals surface area contributed by atoms with Crippen LogP contribution in [0.25, 0.3) is 0 Å². The Morgan fingerprint density at radius 3 is 2.74 bits per heavy atom. The summed E-state index contributed by atoms with van der Waals surface area (Å²) in [5.41, 5.74) is 1.42. The van der Waals surface area contributed by atoms with Crippen LogP contribution in [0, 0.1) is 5.92 Å². The molecule has 1 aromatic rings. The van der Waals surface area contributed by atoms with E-state index in [1.165, 1.54) is 6.42 Å². The van der Waals surface area contributed by atoms with E-state index in [9.17, 15) is 5.11 Å². The van der Waals surface area contributed by atoms with Crippen LogP contribution in [0.3, 0.4) is 0 Å². The van der Waals surface area contributed by atoms with Gasteiger partial charge in [0.25, 0.3) is 0 Å². The first kappa shape index (κ1) is 14.4. The van der Waals surface area contributed by atoms with Crippen LogP contribution in [0.4, 0.5) is 0 Å². The Hall–Kier alpha value is -1.04. The first-order chi connectivity index (χ1) is 8.94. The SMILES string of the molecule is CC(C)(C)NC(O)c1cnc(CC2CCNC2)cn1. The molecule has 0 aliphatic carbocycles. The Morgan fingerprint density at radius 1 is 1.42 bits per heavy atom. The highest BCUT2D eigenvalue weighted by atomic mass is 16.3. The molecule has 3 N–H and O–H groups in total. The molecule has 1 aromatic heterocycles. The van der Waals surface area contributed by atoms with E-state index in [0.29, 0.717) is 11.6 Å². The Labute approximate surface area is 114 Å². The molecule has 1 saturated heterocycles. The summed E-state index contributed by atoms with van der Waals surface area (Å²) in [5, 5.41) is 16.4. The lowest BCUT2D eigenvalue weighted by molar-refractivity contribution is 0.102. The molecule has 1 aliphatic rings. The van der Waals surface area contributed by atoms with Crippen molar-refractivity contribution in [1.82, 2.24) is 20.6 Å². The maximum atomic E-state index is 10.0. The lowest BCUT2D eigenvalue weighted by Crippen LogP contribution is -2.39. The predicted octanol–water partition coefficient (Wildman–Crippen LogP) is 1.01. The number of rotatable bonds is 4. The zero-order valence-electron chi connectivity index (χ0n) is 12.0. The molecule has 0 saturated carbocycles. The second-order valence-electron chi connectivity index (χ2n) is 6.29. The largest absolute Gasteiger partial charge is 0.373 e. The Kier molecular flexibility index (Phi) is 4.50. The zero-order valence-corrected chi connectivity index (χ0v) is 12.0. The minimum Gasteiger partial charge on any atom is -0.373 e. The summed E-state index contributed by atoms with van der Waals surface area (Å²) < 4.78 is 0. The van der Waals surface area contributed by atoms with E-state index in [0.717, 1.165) is 25.2 Å². The maximum absolute atomic E-state index is 10.0. The van der Waals surface area contributed by atoms with Crippen molar-refractivity contribution < 1.29 is 5.11 Å². The summed E-state index contributed by atoms with van der Waals surface area (Å²) in [6.45, 7) is 8.18. The lowest BCUT2D eigenvalue weighted by atomic mass is 10.0. The van der Waals surface area contributed by atoms with E-state index in [1.807, 2.05) is 20.8 Å². The lowest BCUT2D eigenvalue weighted by Gasteiger charge is -2.24. The van der Waals surface area contributed by atoms with E-state index in [2.05, 4.69) is 20.6 Å². The van der Waals surface area contributed by atoms with Gasteiger partial charge in [-0.25, -0.2) is 0 Å². The first-order valence-corrected chi connectivity index (χ1v) is 6.91. The fourth-order valence-electron chi connectivity index (χ4n) is 2.28. The molecule has 2 atom stereocenters. The number of hydrogen-bond acceptors (Lipinski definition) is 5. The number of nitrogens with zero attached hydrogens (tertiary/aromatic N) is 2. The van der Waals surface area contributed by atoms with Gasteiger partial charge in [0.2, 0.25) is 0 Å². The van der Waals surface area contributed by atoms with Crippen molar-refractivity contribution in [1.29, 1.82) is 0 Å². The molecule has 2 heterocycles. The molecule has 0 amide bonds. The molecule has 2 rings (SSSR count). The summed E-state index contributed by atoms with van der Waals surface area (Å²) in [7, 11) is 0. The average molecular weight is 264 g/mol. The van der Waals surface area contributed by atoms with E-state index >= 15 is 0 Å². The van der Waals surface area contributed by atoms with Gasteiger partial charge in [-0.2, -0.15) is 0 Å². The van der Waals surface area contributed by atoms with Gasteiger partial charge >= 0.3 is 0 Å². The monoisotopic (exact) mass is 264 g/mol. The number of hydrogen-bond donors (Lipinski definition) is 3. The van der Waals surface area contributed by atoms with Gasteiger partial charge < -0.3 is 10.4 Å². The molecule has 19 heavy (non-hydrogen) atoms. The summed E-state index contributed by atoms with van der Waals surface area (Å²) in [4.78, 5) is 8.71. The standard InChI is InChI=1S/C14H24N4O/c1-14(2,3)18-13(19)12-9-16-11(8-17-12)6-10-4-5-15-7-10/h8-10,13,15,18-19H,4-7H2,1-3H3. The fraction of sp³-hybridized carbons (Fsp3) is 0.714. The summed E-state index contributed by atoms with van der Waals surface area (Å²) in [6.07, 6.45) is 4.85. The second kappa shape index (κ2) is 5.94. The minimum atomic E-state index is -0.769. The van der Waals surface area contributed by atoms with Crippen molar-refractivity contribution in [2.75, 3.05) is 13.1 Å². The van der Waals surface area contributed by atoms with Gasteiger partial charge in [-0.3, -0.25) is 15.3 Å². The van der Waals surface area contributed by atoms with Gasteiger partial charge in [-0.15, -0.1) is 0 Å². The normalized spacial score (nSPS) is 21.6. The zero-order chi connectivity index (χ0) is 13.9. The Morgan fingerprint density at radius 2 is 2.21 bits per heavy atom. The van der Waals surface area contributed by atoms with Gasteiger partial charge in [0.15, 0.2) is 0 Å². The van der Waals surface area contributed by atoms with Crippen molar-refractivity contribution in [3.05, 3.63) is 23.8 Å². The molecule has 0 spiro atoms. The van der Waals surface area contributed by atoms with Gasteiger partial charge in [0.05, 0.1) is 11.9 Å². The van der Waals surface area contributed by atoms with Crippen LogP contribution in [-0.4, -0.2) is 33.7 Å². The fourth-order valence-corrected chi connectivity index (χ4v) is 2.28. The van der Waals surface area contributed by atoms with Crippen molar-refractivity contribution in [3.8, 4) is 0 Å². The van der Waals surface area contributed by atoms with Crippen molar-refractivity contribution in [2.45, 2.75) is 45.4 Å². The number of aliphatic hydroxyl groups excluding tert-OH is 1. The molecule has 2 unspecified atom stereocenters. The Bertz CT molecular complexity index is 393. The topological polar surface area (TPSA) is 70.1 Å². The van der Waals surface area contributed by atoms with Gasteiger partial charge in [0, 0.05) is 11.7 Å². The highest BCUT2D eigenvalue weighted by Gasteiger charge is 2.19. The molecular weight excluding hydrogens is 240 g/mol. The number of aliphatic hydroxyl groups is 1. The van der Waals surface area contributed by atoms with Crippen LogP contribution in [0.15, 0.2) is 12.4 Å². The Balaban J connectivity index is 1.93. The molecule has 106 valence electrons. The molecule has 1 fully saturated rings. The van der Waals surface area contributed by atoms with Gasteiger partial charge in [-0.05, 0) is 52.6 Å². The molecule has 5 nitrogen and oxygen atoms in total.